The van der Waals surface area contributed by atoms with Gasteiger partial charge >= 0.3 is 6.18 Å². The number of aromatic amines is 1. The van der Waals surface area contributed by atoms with Gasteiger partial charge in [0.1, 0.15) is 18.1 Å². The van der Waals surface area contributed by atoms with Crippen LogP contribution in [0.5, 0.6) is 5.75 Å². The number of H-pyrrole nitrogens is 1. The monoisotopic (exact) mass is 353 g/mol. The second-order valence-corrected chi connectivity index (χ2v) is 5.39. The van der Waals surface area contributed by atoms with Gasteiger partial charge in [-0.1, -0.05) is 29.8 Å². The van der Waals surface area contributed by atoms with E-state index in [9.17, 15) is 13.2 Å². The maximum atomic E-state index is 12.6. The lowest BCUT2D eigenvalue weighted by Crippen LogP contribution is -2.05. The normalized spacial score (nSPS) is 11.5. The Labute approximate surface area is 140 Å². The molecule has 0 amide bonds. The molecule has 0 saturated heterocycles. The van der Waals surface area contributed by atoms with Crippen LogP contribution in [0.3, 0.4) is 0 Å². The maximum absolute atomic E-state index is 12.6. The van der Waals surface area contributed by atoms with Gasteiger partial charge in [-0.15, -0.1) is 0 Å². The molecule has 1 heterocycles. The second-order valence-electron chi connectivity index (χ2n) is 4.99. The Morgan fingerprint density at radius 2 is 1.96 bits per heavy atom. The Bertz CT molecular complexity index is 835. The van der Waals surface area contributed by atoms with Crippen molar-refractivity contribution in [1.82, 2.24) is 15.4 Å². The van der Waals surface area contributed by atoms with Crippen LogP contribution >= 0.6 is 11.6 Å². The molecule has 0 unspecified atom stereocenters. The molecule has 0 aliphatic rings. The molecular formula is C16H11ClF3N3O. The molecule has 0 bridgehead atoms. The lowest BCUT2D eigenvalue weighted by atomic mass is 10.1. The summed E-state index contributed by atoms with van der Waals surface area (Å²) in [6, 6.07) is 10.4. The Kier molecular flexibility index (Phi) is 4.44. The van der Waals surface area contributed by atoms with Gasteiger partial charge in [0.15, 0.2) is 0 Å². The van der Waals surface area contributed by atoms with Gasteiger partial charge in [-0.25, -0.2) is 0 Å². The summed E-state index contributed by atoms with van der Waals surface area (Å²) >= 11 is 5.87. The molecule has 124 valence electrons. The summed E-state index contributed by atoms with van der Waals surface area (Å²) in [5.41, 5.74) is 1.55. The van der Waals surface area contributed by atoms with E-state index < -0.39 is 11.7 Å². The predicted molar refractivity (Wildman–Crippen MR) is 82.6 cm³/mol. The molecule has 8 heteroatoms. The zero-order valence-electron chi connectivity index (χ0n) is 12.1. The number of aromatic nitrogens is 3. The molecule has 24 heavy (non-hydrogen) atoms. The predicted octanol–water partition coefficient (Wildman–Crippen LogP) is 4.72. The quantitative estimate of drug-likeness (QED) is 0.738. The van der Waals surface area contributed by atoms with Crippen molar-refractivity contribution in [2.75, 3.05) is 0 Å². The molecule has 1 N–H and O–H groups in total. The van der Waals surface area contributed by atoms with Gasteiger partial charge in [0, 0.05) is 5.56 Å². The van der Waals surface area contributed by atoms with Gasteiger partial charge in [-0.2, -0.15) is 28.6 Å². The molecule has 0 radical (unpaired) electrons. The largest absolute Gasteiger partial charge is 0.487 e. The highest BCUT2D eigenvalue weighted by Gasteiger charge is 2.31. The molecule has 0 aliphatic carbocycles. The molecule has 1 aromatic heterocycles. The third kappa shape index (κ3) is 3.68. The first-order chi connectivity index (χ1) is 11.4. The number of halogens is 4. The lowest BCUT2D eigenvalue weighted by molar-refractivity contribution is -0.137. The smallest absolute Gasteiger partial charge is 0.416 e. The van der Waals surface area contributed by atoms with E-state index in [0.717, 1.165) is 23.3 Å². The van der Waals surface area contributed by atoms with E-state index in [1.165, 1.54) is 6.07 Å². The number of nitrogens with one attached hydrogen (secondary N) is 1. The van der Waals surface area contributed by atoms with Gasteiger partial charge in [-0.05, 0) is 29.8 Å². The highest BCUT2D eigenvalue weighted by Crippen LogP contribution is 2.35. The fourth-order valence-electron chi connectivity index (χ4n) is 2.12. The Balaban J connectivity index is 1.73. The van der Waals surface area contributed by atoms with E-state index >= 15 is 0 Å². The van der Waals surface area contributed by atoms with Crippen LogP contribution in [0.2, 0.25) is 5.02 Å². The van der Waals surface area contributed by atoms with Crippen molar-refractivity contribution in [3.63, 3.8) is 0 Å². The zero-order chi connectivity index (χ0) is 17.2. The number of benzene rings is 2. The van der Waals surface area contributed by atoms with Gasteiger partial charge in [0.2, 0.25) is 0 Å². The summed E-state index contributed by atoms with van der Waals surface area (Å²) in [7, 11) is 0. The molecule has 0 aliphatic heterocycles. The van der Waals surface area contributed by atoms with E-state index in [-0.39, 0.29) is 17.4 Å². The topological polar surface area (TPSA) is 50.8 Å². The van der Waals surface area contributed by atoms with Crippen LogP contribution in [-0.4, -0.2) is 15.4 Å². The SMILES string of the molecule is FC(F)(F)c1ccc(OCc2cccc(-c3cn[nH]n3)c2)c(Cl)c1. The van der Waals surface area contributed by atoms with Gasteiger partial charge in [-0.3, -0.25) is 0 Å². The summed E-state index contributed by atoms with van der Waals surface area (Å²) in [4.78, 5) is 0. The van der Waals surface area contributed by atoms with E-state index in [0.29, 0.717) is 5.69 Å². The summed E-state index contributed by atoms with van der Waals surface area (Å²) in [6.45, 7) is 0.163. The van der Waals surface area contributed by atoms with Crippen molar-refractivity contribution >= 4 is 11.6 Å². The van der Waals surface area contributed by atoms with Crippen LogP contribution in [0.15, 0.2) is 48.7 Å². The lowest BCUT2D eigenvalue weighted by Gasteiger charge is -2.11. The van der Waals surface area contributed by atoms with E-state index in [1.807, 2.05) is 24.3 Å². The van der Waals surface area contributed by atoms with Crippen molar-refractivity contribution in [2.24, 2.45) is 0 Å². The van der Waals surface area contributed by atoms with Crippen molar-refractivity contribution < 1.29 is 17.9 Å². The minimum absolute atomic E-state index is 0.0857. The Hall–Kier alpha value is -2.54. The molecule has 0 spiro atoms. The highest BCUT2D eigenvalue weighted by molar-refractivity contribution is 6.32. The number of hydrogen-bond donors (Lipinski definition) is 1. The van der Waals surface area contributed by atoms with Crippen LogP contribution in [-0.2, 0) is 12.8 Å². The molecule has 3 rings (SSSR count). The van der Waals surface area contributed by atoms with E-state index in [4.69, 9.17) is 16.3 Å². The summed E-state index contributed by atoms with van der Waals surface area (Å²) in [5, 5.41) is 10.2. The minimum atomic E-state index is -4.44. The van der Waals surface area contributed by atoms with Gasteiger partial charge in [0.25, 0.3) is 0 Å². The molecule has 4 nitrogen and oxygen atoms in total. The number of nitrogens with zero attached hydrogens (tertiary/aromatic N) is 2. The molecule has 3 aromatic rings. The fourth-order valence-corrected chi connectivity index (χ4v) is 2.35. The zero-order valence-corrected chi connectivity index (χ0v) is 12.9. The first kappa shape index (κ1) is 16.3. The van der Waals surface area contributed by atoms with E-state index in [2.05, 4.69) is 15.4 Å². The maximum Gasteiger partial charge on any atom is 0.416 e. The third-order valence-electron chi connectivity index (χ3n) is 3.29. The Morgan fingerprint density at radius 3 is 2.62 bits per heavy atom. The van der Waals surface area contributed by atoms with Gasteiger partial charge in [0.05, 0.1) is 16.8 Å². The third-order valence-corrected chi connectivity index (χ3v) is 3.59. The average Bonchev–Trinajstić information content (AvgIpc) is 3.07. The van der Waals surface area contributed by atoms with Crippen LogP contribution in [0, 0.1) is 0 Å². The summed E-state index contributed by atoms with van der Waals surface area (Å²) in [5.74, 6) is 0.191. The van der Waals surface area contributed by atoms with Crippen molar-refractivity contribution in [2.45, 2.75) is 12.8 Å². The fraction of sp³-hybridized carbons (Fsp3) is 0.125. The number of rotatable bonds is 4. The number of hydrogen-bond acceptors (Lipinski definition) is 3. The molecule has 0 atom stereocenters. The van der Waals surface area contributed by atoms with Crippen LogP contribution in [0.25, 0.3) is 11.3 Å². The first-order valence-electron chi connectivity index (χ1n) is 6.88. The second kappa shape index (κ2) is 6.52. The molecule has 0 fully saturated rings. The van der Waals surface area contributed by atoms with Crippen molar-refractivity contribution in [1.29, 1.82) is 0 Å². The molecule has 0 saturated carbocycles. The first-order valence-corrected chi connectivity index (χ1v) is 7.26. The number of alkyl halides is 3. The summed E-state index contributed by atoms with van der Waals surface area (Å²) in [6.07, 6.45) is -2.85. The minimum Gasteiger partial charge on any atom is -0.487 e. The molecule has 2 aromatic carbocycles. The Morgan fingerprint density at radius 1 is 1.12 bits per heavy atom. The van der Waals surface area contributed by atoms with Crippen molar-refractivity contribution in [3.05, 3.63) is 64.8 Å². The number of ether oxygens (including phenoxy) is 1. The summed E-state index contributed by atoms with van der Waals surface area (Å²) < 4.78 is 43.4. The van der Waals surface area contributed by atoms with Crippen LogP contribution in [0.4, 0.5) is 13.2 Å². The standard InChI is InChI=1S/C16H11ClF3N3O/c17-13-7-12(16(18,19)20)4-5-15(13)24-9-10-2-1-3-11(6-10)14-8-21-23-22-14/h1-8H,9H2,(H,21,22,23). The van der Waals surface area contributed by atoms with Crippen LogP contribution in [0.1, 0.15) is 11.1 Å². The van der Waals surface area contributed by atoms with E-state index in [1.54, 1.807) is 6.20 Å². The average molecular weight is 354 g/mol. The van der Waals surface area contributed by atoms with Crippen LogP contribution < -0.4 is 4.74 Å². The van der Waals surface area contributed by atoms with Gasteiger partial charge < -0.3 is 4.74 Å². The van der Waals surface area contributed by atoms with Crippen molar-refractivity contribution in [3.8, 4) is 17.0 Å². The highest BCUT2D eigenvalue weighted by atomic mass is 35.5. The molecular weight excluding hydrogens is 343 g/mol.